The number of pyridine rings is 1. The van der Waals surface area contributed by atoms with Crippen molar-refractivity contribution in [2.75, 3.05) is 0 Å². The van der Waals surface area contributed by atoms with E-state index in [4.69, 9.17) is 0 Å². The molecule has 1 aromatic carbocycles. The van der Waals surface area contributed by atoms with E-state index in [9.17, 15) is 4.79 Å². The van der Waals surface area contributed by atoms with Gasteiger partial charge in [0.1, 0.15) is 11.9 Å². The Labute approximate surface area is 145 Å². The van der Waals surface area contributed by atoms with Gasteiger partial charge in [0.2, 0.25) is 5.91 Å². The molecule has 1 aliphatic heterocycles. The summed E-state index contributed by atoms with van der Waals surface area (Å²) in [6.07, 6.45) is 4.20. The van der Waals surface area contributed by atoms with E-state index in [-0.39, 0.29) is 24.0 Å². The number of H-pyrrole nitrogens is 1. The third-order valence-electron chi connectivity index (χ3n) is 4.50. The number of benzene rings is 1. The van der Waals surface area contributed by atoms with Gasteiger partial charge in [-0.25, -0.2) is 15.8 Å². The summed E-state index contributed by atoms with van der Waals surface area (Å²) in [4.78, 5) is 24.4. The van der Waals surface area contributed by atoms with Crippen molar-refractivity contribution in [3.05, 3.63) is 60.2 Å². The lowest BCUT2D eigenvalue weighted by molar-refractivity contribution is -0.123. The van der Waals surface area contributed by atoms with Gasteiger partial charge in [-0.3, -0.25) is 9.78 Å². The Morgan fingerprint density at radius 1 is 1.20 bits per heavy atom. The topological polar surface area (TPSA) is 94.7 Å². The van der Waals surface area contributed by atoms with Crippen molar-refractivity contribution >= 4 is 16.9 Å². The molecule has 0 aliphatic carbocycles. The number of hydrogen-bond donors (Lipinski definition) is 4. The van der Waals surface area contributed by atoms with Crippen LogP contribution in [0.1, 0.15) is 36.8 Å². The van der Waals surface area contributed by atoms with Crippen LogP contribution >= 0.6 is 0 Å². The number of rotatable bonds is 4. The summed E-state index contributed by atoms with van der Waals surface area (Å²) in [6, 6.07) is 11.4. The van der Waals surface area contributed by atoms with Gasteiger partial charge < -0.3 is 10.3 Å². The number of aromatic nitrogens is 3. The molecule has 1 aliphatic rings. The minimum Gasteiger partial charge on any atom is -0.345 e. The first kappa shape index (κ1) is 15.7. The molecule has 128 valence electrons. The molecule has 7 nitrogen and oxygen atoms in total. The number of carbonyl (C=O) groups excluding carboxylic acids is 1. The Morgan fingerprint density at radius 2 is 2.00 bits per heavy atom. The van der Waals surface area contributed by atoms with E-state index in [0.717, 1.165) is 22.4 Å². The minimum atomic E-state index is -0.287. The fourth-order valence-corrected chi connectivity index (χ4v) is 3.10. The van der Waals surface area contributed by atoms with Crippen LogP contribution in [0.5, 0.6) is 0 Å². The minimum absolute atomic E-state index is 0.0444. The molecule has 1 fully saturated rings. The molecule has 3 aromatic rings. The van der Waals surface area contributed by atoms with Crippen LogP contribution in [0.25, 0.3) is 11.0 Å². The lowest BCUT2D eigenvalue weighted by Gasteiger charge is -2.15. The van der Waals surface area contributed by atoms with Gasteiger partial charge in [0, 0.05) is 18.4 Å². The SMILES string of the molecule is CC(NC(=O)C1CC(c2ccncc2)NN1)c1nc2ccccc2[nH]1. The zero-order valence-corrected chi connectivity index (χ0v) is 13.9. The van der Waals surface area contributed by atoms with Crippen LogP contribution in [0.4, 0.5) is 0 Å². The predicted molar refractivity (Wildman–Crippen MR) is 94.3 cm³/mol. The number of hydrazine groups is 1. The number of aromatic amines is 1. The van der Waals surface area contributed by atoms with Gasteiger partial charge in [-0.15, -0.1) is 0 Å². The average Bonchev–Trinajstić information content (AvgIpc) is 3.29. The van der Waals surface area contributed by atoms with Crippen molar-refractivity contribution in [2.24, 2.45) is 0 Å². The fourth-order valence-electron chi connectivity index (χ4n) is 3.10. The number of carbonyl (C=O) groups is 1. The summed E-state index contributed by atoms with van der Waals surface area (Å²) in [7, 11) is 0. The molecule has 25 heavy (non-hydrogen) atoms. The Morgan fingerprint density at radius 3 is 2.80 bits per heavy atom. The lowest BCUT2D eigenvalue weighted by Crippen LogP contribution is -2.44. The molecule has 3 unspecified atom stereocenters. The molecule has 1 saturated heterocycles. The van der Waals surface area contributed by atoms with Crippen molar-refractivity contribution in [1.29, 1.82) is 0 Å². The van der Waals surface area contributed by atoms with E-state index in [1.807, 2.05) is 43.3 Å². The Balaban J connectivity index is 1.40. The number of hydrogen-bond acceptors (Lipinski definition) is 5. The summed E-state index contributed by atoms with van der Waals surface area (Å²) in [5, 5.41) is 3.02. The average molecular weight is 336 g/mol. The molecule has 0 bridgehead atoms. The van der Waals surface area contributed by atoms with E-state index in [2.05, 4.69) is 31.1 Å². The molecule has 1 amide bonds. The van der Waals surface area contributed by atoms with Crippen molar-refractivity contribution in [1.82, 2.24) is 31.1 Å². The lowest BCUT2D eigenvalue weighted by atomic mass is 10.0. The summed E-state index contributed by atoms with van der Waals surface area (Å²) < 4.78 is 0. The standard InChI is InChI=1S/C18H20N6O/c1-11(17-21-13-4-2-3-5-14(13)22-17)20-18(25)16-10-15(23-24-16)12-6-8-19-9-7-12/h2-9,11,15-16,23-24H,10H2,1H3,(H,20,25)(H,21,22). The molecule has 3 atom stereocenters. The second-order valence-corrected chi connectivity index (χ2v) is 6.28. The fraction of sp³-hybridized carbons (Fsp3) is 0.278. The van der Waals surface area contributed by atoms with Crippen LogP contribution in [0.3, 0.4) is 0 Å². The molecular formula is C18H20N6O. The Bertz CT molecular complexity index is 844. The van der Waals surface area contributed by atoms with E-state index in [1.54, 1.807) is 12.4 Å². The zero-order valence-electron chi connectivity index (χ0n) is 13.9. The largest absolute Gasteiger partial charge is 0.345 e. The Hall–Kier alpha value is -2.77. The molecule has 2 aromatic heterocycles. The molecule has 4 N–H and O–H groups in total. The van der Waals surface area contributed by atoms with E-state index < -0.39 is 0 Å². The predicted octanol–water partition coefficient (Wildman–Crippen LogP) is 1.74. The maximum atomic E-state index is 12.6. The van der Waals surface area contributed by atoms with Crippen LogP contribution in [0.15, 0.2) is 48.8 Å². The van der Waals surface area contributed by atoms with Gasteiger partial charge in [0.15, 0.2) is 0 Å². The van der Waals surface area contributed by atoms with Gasteiger partial charge >= 0.3 is 0 Å². The third kappa shape index (κ3) is 3.24. The molecule has 4 rings (SSSR count). The van der Waals surface area contributed by atoms with Gasteiger partial charge in [0.25, 0.3) is 0 Å². The Kier molecular flexibility index (Phi) is 4.17. The van der Waals surface area contributed by atoms with Crippen molar-refractivity contribution < 1.29 is 4.79 Å². The summed E-state index contributed by atoms with van der Waals surface area (Å²) in [5.41, 5.74) is 9.24. The highest BCUT2D eigenvalue weighted by Crippen LogP contribution is 2.22. The highest BCUT2D eigenvalue weighted by atomic mass is 16.2. The number of nitrogens with zero attached hydrogens (tertiary/aromatic N) is 2. The maximum absolute atomic E-state index is 12.6. The highest BCUT2D eigenvalue weighted by Gasteiger charge is 2.31. The van der Waals surface area contributed by atoms with Gasteiger partial charge in [-0.05, 0) is 43.2 Å². The van der Waals surface area contributed by atoms with Crippen LogP contribution in [0, 0.1) is 0 Å². The molecule has 0 spiro atoms. The van der Waals surface area contributed by atoms with Crippen LogP contribution < -0.4 is 16.2 Å². The van der Waals surface area contributed by atoms with Crippen molar-refractivity contribution in [2.45, 2.75) is 31.5 Å². The van der Waals surface area contributed by atoms with Crippen LogP contribution in [-0.2, 0) is 4.79 Å². The first-order valence-electron chi connectivity index (χ1n) is 8.37. The van der Waals surface area contributed by atoms with Crippen molar-refractivity contribution in [3.8, 4) is 0 Å². The maximum Gasteiger partial charge on any atom is 0.239 e. The number of imidazole rings is 1. The van der Waals surface area contributed by atoms with E-state index >= 15 is 0 Å². The smallest absolute Gasteiger partial charge is 0.239 e. The van der Waals surface area contributed by atoms with Crippen molar-refractivity contribution in [3.63, 3.8) is 0 Å². The van der Waals surface area contributed by atoms with E-state index in [0.29, 0.717) is 6.42 Å². The monoisotopic (exact) mass is 336 g/mol. The zero-order chi connectivity index (χ0) is 17.2. The van der Waals surface area contributed by atoms with E-state index in [1.165, 1.54) is 0 Å². The van der Waals surface area contributed by atoms with Gasteiger partial charge in [-0.2, -0.15) is 0 Å². The molecule has 3 heterocycles. The molecule has 0 saturated carbocycles. The number of para-hydroxylation sites is 2. The number of nitrogens with one attached hydrogen (secondary N) is 4. The van der Waals surface area contributed by atoms with Crippen LogP contribution in [0.2, 0.25) is 0 Å². The summed E-state index contributed by atoms with van der Waals surface area (Å²) in [6.45, 7) is 1.93. The van der Waals surface area contributed by atoms with Gasteiger partial charge in [0.05, 0.1) is 17.1 Å². The first-order valence-corrected chi connectivity index (χ1v) is 8.37. The quantitative estimate of drug-likeness (QED) is 0.582. The van der Waals surface area contributed by atoms with Gasteiger partial charge in [-0.1, -0.05) is 12.1 Å². The number of fused-ring (bicyclic) bond motifs is 1. The number of amides is 1. The molecule has 0 radical (unpaired) electrons. The first-order chi connectivity index (χ1) is 12.2. The summed E-state index contributed by atoms with van der Waals surface area (Å²) in [5.74, 6) is 0.711. The third-order valence-corrected chi connectivity index (χ3v) is 4.50. The normalized spacial score (nSPS) is 21.3. The van der Waals surface area contributed by atoms with Crippen LogP contribution in [-0.4, -0.2) is 26.9 Å². The second kappa shape index (κ2) is 6.62. The molecular weight excluding hydrogens is 316 g/mol. The molecule has 7 heteroatoms. The second-order valence-electron chi connectivity index (χ2n) is 6.28. The highest BCUT2D eigenvalue weighted by molar-refractivity contribution is 5.82. The summed E-state index contributed by atoms with van der Waals surface area (Å²) >= 11 is 0.